The molecule has 2 rings (SSSR count). The predicted octanol–water partition coefficient (Wildman–Crippen LogP) is 2.93. The Morgan fingerprint density at radius 2 is 2.00 bits per heavy atom. The van der Waals surface area contributed by atoms with E-state index in [-0.39, 0.29) is 5.97 Å². The molecule has 2 aromatic rings. The van der Waals surface area contributed by atoms with Gasteiger partial charge in [-0.25, -0.2) is 0 Å². The maximum atomic E-state index is 11.3. The van der Waals surface area contributed by atoms with Crippen molar-refractivity contribution in [2.75, 3.05) is 19.5 Å². The Morgan fingerprint density at radius 3 is 2.65 bits per heavy atom. The Morgan fingerprint density at radius 1 is 1.26 bits per heavy atom. The largest absolute Gasteiger partial charge is 0.497 e. The second kappa shape index (κ2) is 8.57. The van der Waals surface area contributed by atoms with Crippen LogP contribution < -0.4 is 4.74 Å². The van der Waals surface area contributed by atoms with Crippen LogP contribution in [-0.2, 0) is 16.6 Å². The summed E-state index contributed by atoms with van der Waals surface area (Å²) in [5, 5.41) is 9.29. The summed E-state index contributed by atoms with van der Waals surface area (Å²) >= 11 is 1.59. The molecule has 1 heterocycles. The molecule has 1 aromatic carbocycles. The van der Waals surface area contributed by atoms with E-state index < -0.39 is 0 Å². The maximum Gasteiger partial charge on any atom is 0.305 e. The van der Waals surface area contributed by atoms with E-state index in [0.29, 0.717) is 13.0 Å². The quantitative estimate of drug-likeness (QED) is 0.420. The van der Waals surface area contributed by atoms with Crippen molar-refractivity contribution in [3.8, 4) is 17.1 Å². The van der Waals surface area contributed by atoms with Crippen molar-refractivity contribution < 1.29 is 14.3 Å². The number of hydrogen-bond donors (Lipinski definition) is 0. The minimum Gasteiger partial charge on any atom is -0.497 e. The van der Waals surface area contributed by atoms with Gasteiger partial charge in [0.25, 0.3) is 0 Å². The number of ether oxygens (including phenoxy) is 2. The van der Waals surface area contributed by atoms with Gasteiger partial charge in [0.1, 0.15) is 5.75 Å². The molecular weight excluding hydrogens is 314 g/mol. The number of carbonyl (C=O) groups excluding carboxylic acids is 1. The fourth-order valence-electron chi connectivity index (χ4n) is 2.05. The van der Waals surface area contributed by atoms with Crippen molar-refractivity contribution in [3.05, 3.63) is 24.3 Å². The Balaban J connectivity index is 1.92. The van der Waals surface area contributed by atoms with E-state index in [0.717, 1.165) is 34.5 Å². The fourth-order valence-corrected chi connectivity index (χ4v) is 2.90. The molecule has 0 saturated carbocycles. The summed E-state index contributed by atoms with van der Waals surface area (Å²) in [4.78, 5) is 11.3. The molecule has 0 bridgehead atoms. The number of methoxy groups -OCH3 is 1. The molecule has 0 fully saturated rings. The molecule has 0 aliphatic heterocycles. The second-order valence-corrected chi connectivity index (χ2v) is 5.91. The number of thioether (sulfide) groups is 1. The standard InChI is InChI=1S/C16H21N3O3S/c1-4-22-14(20)6-5-11-23-16-18-17-15(19(16)2)12-7-9-13(21-3)10-8-12/h7-10H,4-6,11H2,1-3H3. The third kappa shape index (κ3) is 4.72. The minimum atomic E-state index is -0.148. The highest BCUT2D eigenvalue weighted by Crippen LogP contribution is 2.24. The van der Waals surface area contributed by atoms with Gasteiger partial charge in [-0.15, -0.1) is 10.2 Å². The molecule has 23 heavy (non-hydrogen) atoms. The van der Waals surface area contributed by atoms with Gasteiger partial charge in [0.15, 0.2) is 11.0 Å². The topological polar surface area (TPSA) is 66.2 Å². The Labute approximate surface area is 140 Å². The molecule has 1 aromatic heterocycles. The highest BCUT2D eigenvalue weighted by Gasteiger charge is 2.11. The van der Waals surface area contributed by atoms with Crippen LogP contribution >= 0.6 is 11.8 Å². The number of rotatable bonds is 8. The Kier molecular flexibility index (Phi) is 6.46. The second-order valence-electron chi connectivity index (χ2n) is 4.85. The Hall–Kier alpha value is -2.02. The predicted molar refractivity (Wildman–Crippen MR) is 89.6 cm³/mol. The number of carbonyl (C=O) groups is 1. The Bertz CT molecular complexity index is 641. The van der Waals surface area contributed by atoms with Gasteiger partial charge in [-0.2, -0.15) is 0 Å². The van der Waals surface area contributed by atoms with Crippen molar-refractivity contribution in [2.45, 2.75) is 24.9 Å². The van der Waals surface area contributed by atoms with Gasteiger partial charge in [-0.1, -0.05) is 11.8 Å². The lowest BCUT2D eigenvalue weighted by Crippen LogP contribution is -2.04. The molecule has 0 radical (unpaired) electrons. The van der Waals surface area contributed by atoms with Crippen LogP contribution in [0.25, 0.3) is 11.4 Å². The lowest BCUT2D eigenvalue weighted by Gasteiger charge is -2.05. The lowest BCUT2D eigenvalue weighted by molar-refractivity contribution is -0.143. The summed E-state index contributed by atoms with van der Waals surface area (Å²) in [5.74, 6) is 2.27. The van der Waals surface area contributed by atoms with Crippen LogP contribution in [-0.4, -0.2) is 40.2 Å². The molecule has 0 aliphatic carbocycles. The van der Waals surface area contributed by atoms with Gasteiger partial charge in [0, 0.05) is 24.8 Å². The number of aromatic nitrogens is 3. The van der Waals surface area contributed by atoms with Crippen LogP contribution in [0.4, 0.5) is 0 Å². The molecule has 0 amide bonds. The van der Waals surface area contributed by atoms with E-state index >= 15 is 0 Å². The normalized spacial score (nSPS) is 10.6. The molecule has 7 heteroatoms. The number of nitrogens with zero attached hydrogens (tertiary/aromatic N) is 3. The van der Waals surface area contributed by atoms with Crippen LogP contribution in [0.15, 0.2) is 29.4 Å². The lowest BCUT2D eigenvalue weighted by atomic mass is 10.2. The van der Waals surface area contributed by atoms with E-state index in [1.807, 2.05) is 42.8 Å². The van der Waals surface area contributed by atoms with Crippen LogP contribution in [0.2, 0.25) is 0 Å². The summed E-state index contributed by atoms with van der Waals surface area (Å²) in [5.41, 5.74) is 0.985. The summed E-state index contributed by atoms with van der Waals surface area (Å²) in [6.07, 6.45) is 1.19. The van der Waals surface area contributed by atoms with Crippen LogP contribution in [0.5, 0.6) is 5.75 Å². The van der Waals surface area contributed by atoms with Gasteiger partial charge in [-0.05, 0) is 37.6 Å². The van der Waals surface area contributed by atoms with E-state index in [1.54, 1.807) is 18.9 Å². The van der Waals surface area contributed by atoms with Crippen molar-refractivity contribution in [3.63, 3.8) is 0 Å². The average molecular weight is 335 g/mol. The molecule has 0 saturated heterocycles. The van der Waals surface area contributed by atoms with Crippen molar-refractivity contribution in [2.24, 2.45) is 7.05 Å². The zero-order valence-electron chi connectivity index (χ0n) is 13.6. The van der Waals surface area contributed by atoms with Crippen LogP contribution in [0.3, 0.4) is 0 Å². The SMILES string of the molecule is CCOC(=O)CCCSc1nnc(-c2ccc(OC)cc2)n1C. The molecule has 6 nitrogen and oxygen atoms in total. The number of hydrogen-bond acceptors (Lipinski definition) is 6. The molecule has 0 unspecified atom stereocenters. The first-order valence-electron chi connectivity index (χ1n) is 7.48. The molecular formula is C16H21N3O3S. The smallest absolute Gasteiger partial charge is 0.305 e. The van der Waals surface area contributed by atoms with E-state index in [9.17, 15) is 4.79 Å². The van der Waals surface area contributed by atoms with E-state index in [2.05, 4.69) is 10.2 Å². The number of esters is 1. The fraction of sp³-hybridized carbons (Fsp3) is 0.438. The average Bonchev–Trinajstić information content (AvgIpc) is 2.93. The van der Waals surface area contributed by atoms with Crippen LogP contribution in [0.1, 0.15) is 19.8 Å². The van der Waals surface area contributed by atoms with E-state index in [4.69, 9.17) is 9.47 Å². The van der Waals surface area contributed by atoms with Crippen molar-refractivity contribution >= 4 is 17.7 Å². The zero-order chi connectivity index (χ0) is 16.7. The summed E-state index contributed by atoms with van der Waals surface area (Å²) in [6.45, 7) is 2.24. The molecule has 0 atom stereocenters. The minimum absolute atomic E-state index is 0.148. The van der Waals surface area contributed by atoms with Crippen LogP contribution in [0, 0.1) is 0 Å². The molecule has 0 spiro atoms. The van der Waals surface area contributed by atoms with Crippen molar-refractivity contribution in [1.82, 2.24) is 14.8 Å². The molecule has 0 aliphatic rings. The summed E-state index contributed by atoms with van der Waals surface area (Å²) in [6, 6.07) is 7.71. The van der Waals surface area contributed by atoms with Gasteiger partial charge in [0.2, 0.25) is 0 Å². The number of benzene rings is 1. The van der Waals surface area contributed by atoms with Gasteiger partial charge in [0.05, 0.1) is 13.7 Å². The third-order valence-electron chi connectivity index (χ3n) is 3.24. The zero-order valence-corrected chi connectivity index (χ0v) is 14.4. The third-order valence-corrected chi connectivity index (χ3v) is 4.35. The van der Waals surface area contributed by atoms with Gasteiger partial charge in [-0.3, -0.25) is 4.79 Å². The van der Waals surface area contributed by atoms with Gasteiger partial charge < -0.3 is 14.0 Å². The molecule has 124 valence electrons. The molecule has 0 N–H and O–H groups in total. The highest BCUT2D eigenvalue weighted by atomic mass is 32.2. The van der Waals surface area contributed by atoms with E-state index in [1.165, 1.54) is 0 Å². The van der Waals surface area contributed by atoms with Crippen molar-refractivity contribution in [1.29, 1.82) is 0 Å². The monoisotopic (exact) mass is 335 g/mol. The highest BCUT2D eigenvalue weighted by molar-refractivity contribution is 7.99. The first-order valence-corrected chi connectivity index (χ1v) is 8.46. The summed E-state index contributed by atoms with van der Waals surface area (Å²) in [7, 11) is 3.58. The first-order chi connectivity index (χ1) is 11.2. The summed E-state index contributed by atoms with van der Waals surface area (Å²) < 4.78 is 12.0. The van der Waals surface area contributed by atoms with Gasteiger partial charge >= 0.3 is 5.97 Å². The maximum absolute atomic E-state index is 11.3. The first kappa shape index (κ1) is 17.3.